The van der Waals surface area contributed by atoms with Crippen LogP contribution in [0.2, 0.25) is 0 Å². The number of rotatable bonds is 8. The van der Waals surface area contributed by atoms with Crippen LogP contribution in [0.5, 0.6) is 0 Å². The van der Waals surface area contributed by atoms with Gasteiger partial charge in [-0.15, -0.1) is 0 Å². The van der Waals surface area contributed by atoms with E-state index in [0.717, 1.165) is 25.5 Å². The minimum atomic E-state index is 0.830. The highest BCUT2D eigenvalue weighted by Gasteiger charge is 1.81. The van der Waals surface area contributed by atoms with E-state index >= 15 is 0 Å². The van der Waals surface area contributed by atoms with E-state index in [4.69, 9.17) is 0 Å². The van der Waals surface area contributed by atoms with E-state index in [1.807, 2.05) is 6.08 Å². The molecule has 0 unspecified atom stereocenters. The SMILES string of the molecule is CCCC/C=C\CCC/C=C/C=O. The molecule has 0 aliphatic rings. The monoisotopic (exact) mass is 180 g/mol. The Morgan fingerprint density at radius 3 is 2.15 bits per heavy atom. The van der Waals surface area contributed by atoms with Crippen molar-refractivity contribution in [3.8, 4) is 0 Å². The fraction of sp³-hybridized carbons (Fsp3) is 0.583. The van der Waals surface area contributed by atoms with Gasteiger partial charge in [0, 0.05) is 0 Å². The van der Waals surface area contributed by atoms with Gasteiger partial charge in [0.2, 0.25) is 0 Å². The van der Waals surface area contributed by atoms with E-state index in [9.17, 15) is 4.79 Å². The summed E-state index contributed by atoms with van der Waals surface area (Å²) in [5, 5.41) is 0. The van der Waals surface area contributed by atoms with Crippen molar-refractivity contribution in [3.05, 3.63) is 24.3 Å². The van der Waals surface area contributed by atoms with Crippen molar-refractivity contribution in [2.45, 2.75) is 45.4 Å². The molecule has 0 aliphatic heterocycles. The number of aldehydes is 1. The molecule has 13 heavy (non-hydrogen) atoms. The fourth-order valence-corrected chi connectivity index (χ4v) is 1.06. The van der Waals surface area contributed by atoms with Gasteiger partial charge in [0.05, 0.1) is 0 Å². The van der Waals surface area contributed by atoms with Crippen LogP contribution in [0, 0.1) is 0 Å². The Morgan fingerprint density at radius 1 is 0.923 bits per heavy atom. The van der Waals surface area contributed by atoms with Crippen molar-refractivity contribution in [2.75, 3.05) is 0 Å². The number of carbonyl (C=O) groups is 1. The highest BCUT2D eigenvalue weighted by molar-refractivity contribution is 5.64. The summed E-state index contributed by atoms with van der Waals surface area (Å²) in [5.74, 6) is 0. The molecule has 0 spiro atoms. The number of hydrogen-bond acceptors (Lipinski definition) is 1. The van der Waals surface area contributed by atoms with Crippen LogP contribution in [0.25, 0.3) is 0 Å². The molecule has 0 aromatic heterocycles. The highest BCUT2D eigenvalue weighted by atomic mass is 16.1. The van der Waals surface area contributed by atoms with Gasteiger partial charge in [0.15, 0.2) is 0 Å². The lowest BCUT2D eigenvalue weighted by Crippen LogP contribution is -1.71. The molecule has 0 heterocycles. The van der Waals surface area contributed by atoms with Crippen LogP contribution >= 0.6 is 0 Å². The lowest BCUT2D eigenvalue weighted by Gasteiger charge is -1.90. The lowest BCUT2D eigenvalue weighted by molar-refractivity contribution is -0.104. The normalized spacial score (nSPS) is 11.5. The van der Waals surface area contributed by atoms with Crippen LogP contribution in [-0.4, -0.2) is 6.29 Å². The molecule has 0 saturated carbocycles. The van der Waals surface area contributed by atoms with E-state index in [2.05, 4.69) is 19.1 Å². The maximum Gasteiger partial charge on any atom is 0.142 e. The molecule has 74 valence electrons. The summed E-state index contributed by atoms with van der Waals surface area (Å²) in [6.07, 6.45) is 15.9. The Bertz CT molecular complexity index is 157. The van der Waals surface area contributed by atoms with Gasteiger partial charge < -0.3 is 0 Å². The summed E-state index contributed by atoms with van der Waals surface area (Å²) in [6, 6.07) is 0. The average molecular weight is 180 g/mol. The van der Waals surface area contributed by atoms with Crippen LogP contribution in [0.1, 0.15) is 45.4 Å². The van der Waals surface area contributed by atoms with Crippen LogP contribution in [0.4, 0.5) is 0 Å². The average Bonchev–Trinajstić information content (AvgIpc) is 2.16. The number of unbranched alkanes of at least 4 members (excludes halogenated alkanes) is 4. The zero-order valence-electron chi connectivity index (χ0n) is 8.54. The van der Waals surface area contributed by atoms with Crippen molar-refractivity contribution >= 4 is 6.29 Å². The Kier molecular flexibility index (Phi) is 10.4. The maximum absolute atomic E-state index is 9.91. The van der Waals surface area contributed by atoms with Crippen LogP contribution in [-0.2, 0) is 4.79 Å². The third-order valence-corrected chi connectivity index (χ3v) is 1.85. The van der Waals surface area contributed by atoms with Gasteiger partial charge in [-0.3, -0.25) is 4.79 Å². The summed E-state index contributed by atoms with van der Waals surface area (Å²) in [7, 11) is 0. The van der Waals surface area contributed by atoms with Gasteiger partial charge in [-0.05, 0) is 31.8 Å². The predicted molar refractivity (Wildman–Crippen MR) is 57.7 cm³/mol. The van der Waals surface area contributed by atoms with Crippen molar-refractivity contribution in [2.24, 2.45) is 0 Å². The predicted octanol–water partition coefficient (Wildman–Crippen LogP) is 3.66. The smallest absolute Gasteiger partial charge is 0.142 e. The van der Waals surface area contributed by atoms with E-state index in [1.54, 1.807) is 6.08 Å². The van der Waals surface area contributed by atoms with E-state index < -0.39 is 0 Å². The van der Waals surface area contributed by atoms with E-state index in [1.165, 1.54) is 19.3 Å². The molecule has 1 nitrogen and oxygen atoms in total. The molecular weight excluding hydrogens is 160 g/mol. The van der Waals surface area contributed by atoms with Gasteiger partial charge in [-0.25, -0.2) is 0 Å². The maximum atomic E-state index is 9.91. The molecule has 0 radical (unpaired) electrons. The van der Waals surface area contributed by atoms with Gasteiger partial charge in [0.1, 0.15) is 6.29 Å². The number of carbonyl (C=O) groups excluding carboxylic acids is 1. The molecule has 0 bridgehead atoms. The second-order valence-electron chi connectivity index (χ2n) is 3.11. The van der Waals surface area contributed by atoms with Gasteiger partial charge in [-0.2, -0.15) is 0 Å². The zero-order valence-corrected chi connectivity index (χ0v) is 8.54. The second kappa shape index (κ2) is 11.2. The first-order valence-corrected chi connectivity index (χ1v) is 5.17. The van der Waals surface area contributed by atoms with Crippen molar-refractivity contribution in [1.82, 2.24) is 0 Å². The standard InChI is InChI=1S/C12H20O/c1-2-3-4-5-6-7-8-9-10-11-12-13/h5-6,10-12H,2-4,7-9H2,1H3/b6-5-,11-10+. The van der Waals surface area contributed by atoms with Gasteiger partial charge in [-0.1, -0.05) is 38.0 Å². The molecule has 0 aromatic carbocycles. The molecule has 1 heteroatoms. The number of hydrogen-bond donors (Lipinski definition) is 0. The van der Waals surface area contributed by atoms with Crippen LogP contribution < -0.4 is 0 Å². The van der Waals surface area contributed by atoms with Crippen LogP contribution in [0.15, 0.2) is 24.3 Å². The first kappa shape index (κ1) is 12.2. The molecule has 0 rings (SSSR count). The van der Waals surface area contributed by atoms with E-state index in [0.29, 0.717) is 0 Å². The Balaban J connectivity index is 3.10. The largest absolute Gasteiger partial charge is 0.299 e. The lowest BCUT2D eigenvalue weighted by atomic mass is 10.2. The Morgan fingerprint density at radius 2 is 1.54 bits per heavy atom. The highest BCUT2D eigenvalue weighted by Crippen LogP contribution is 2.00. The summed E-state index contributed by atoms with van der Waals surface area (Å²) >= 11 is 0. The Labute approximate surface area is 81.5 Å². The first-order chi connectivity index (χ1) is 6.41. The van der Waals surface area contributed by atoms with Crippen molar-refractivity contribution < 1.29 is 4.79 Å². The summed E-state index contributed by atoms with van der Waals surface area (Å²) < 4.78 is 0. The topological polar surface area (TPSA) is 17.1 Å². The van der Waals surface area contributed by atoms with Crippen molar-refractivity contribution in [1.29, 1.82) is 0 Å². The minimum absolute atomic E-state index is 0.830. The number of allylic oxidation sites excluding steroid dienone is 4. The zero-order chi connectivity index (χ0) is 9.78. The quantitative estimate of drug-likeness (QED) is 0.241. The summed E-state index contributed by atoms with van der Waals surface area (Å²) in [4.78, 5) is 9.91. The summed E-state index contributed by atoms with van der Waals surface area (Å²) in [6.45, 7) is 2.21. The van der Waals surface area contributed by atoms with Crippen LogP contribution in [0.3, 0.4) is 0 Å². The van der Waals surface area contributed by atoms with Gasteiger partial charge >= 0.3 is 0 Å². The molecule has 0 N–H and O–H groups in total. The third-order valence-electron chi connectivity index (χ3n) is 1.85. The molecule has 0 saturated heterocycles. The first-order valence-electron chi connectivity index (χ1n) is 5.17. The molecular formula is C12H20O. The second-order valence-corrected chi connectivity index (χ2v) is 3.11. The van der Waals surface area contributed by atoms with Gasteiger partial charge in [0.25, 0.3) is 0 Å². The third kappa shape index (κ3) is 11.1. The van der Waals surface area contributed by atoms with Crippen molar-refractivity contribution in [3.63, 3.8) is 0 Å². The Hall–Kier alpha value is -0.850. The minimum Gasteiger partial charge on any atom is -0.299 e. The fourth-order valence-electron chi connectivity index (χ4n) is 1.06. The molecule has 0 aromatic rings. The molecule has 0 aliphatic carbocycles. The molecule has 0 atom stereocenters. The molecule has 0 fully saturated rings. The summed E-state index contributed by atoms with van der Waals surface area (Å²) in [5.41, 5.74) is 0. The molecule has 0 amide bonds. The van der Waals surface area contributed by atoms with E-state index in [-0.39, 0.29) is 0 Å².